The Morgan fingerprint density at radius 2 is 1.11 bits per heavy atom. The molecule has 9 aliphatic heterocycles. The van der Waals surface area contributed by atoms with Crippen LogP contribution in [-0.4, -0.2) is 302 Å². The molecule has 519 valence electrons. The van der Waals surface area contributed by atoms with Gasteiger partial charge in [-0.15, -0.1) is 13.2 Å². The predicted molar refractivity (Wildman–Crippen MR) is 370 cm³/mol. The average Bonchev–Trinajstić information content (AvgIpc) is 1.66. The van der Waals surface area contributed by atoms with E-state index in [1.165, 1.54) is 51.8 Å². The van der Waals surface area contributed by atoms with Crippen LogP contribution in [0.3, 0.4) is 0 Å². The molecule has 3 unspecified atom stereocenters. The summed E-state index contributed by atoms with van der Waals surface area (Å²) in [6.07, 6.45) is 20.4. The minimum Gasteiger partial charge on any atom is -0.437 e. The smallest absolute Gasteiger partial charge is 0.376 e. The first-order chi connectivity index (χ1) is 47.7. The van der Waals surface area contributed by atoms with Gasteiger partial charge in [-0.2, -0.15) is 44.7 Å². The highest BCUT2D eigenvalue weighted by Gasteiger charge is 2.43. The average molecular weight is 1470 g/mol. The molecule has 6 fully saturated rings. The molecule has 6 bridgehead atoms. The van der Waals surface area contributed by atoms with Crippen molar-refractivity contribution in [1.29, 1.82) is 0 Å². The van der Waals surface area contributed by atoms with Gasteiger partial charge in [-0.1, -0.05) is 12.2 Å². The molecule has 0 aromatic carbocycles. The maximum Gasteiger partial charge on any atom is 0.376 e. The van der Waals surface area contributed by atoms with Crippen molar-refractivity contribution in [2.75, 3.05) is 98.8 Å². The summed E-state index contributed by atoms with van der Waals surface area (Å²) in [5, 5.41) is 53.6. The third-order valence-electron chi connectivity index (χ3n) is 17.7. The summed E-state index contributed by atoms with van der Waals surface area (Å²) in [6, 6.07) is 7.79. The number of nitrogens with zero attached hydrogens (tertiary/aromatic N) is 18. The minimum absolute atomic E-state index is 0.00806. The van der Waals surface area contributed by atoms with E-state index in [0.29, 0.717) is 76.0 Å². The van der Waals surface area contributed by atoms with Gasteiger partial charge in [0.05, 0.1) is 80.9 Å². The van der Waals surface area contributed by atoms with Crippen LogP contribution in [-0.2, 0) is 14.5 Å². The number of carbonyl (C=O) groups excluding carboxylic acids is 7. The number of likely N-dealkylation sites (N-methyl/N-ethyl adjacent to an activating group) is 1. The molecule has 1 radical (unpaired) electrons. The molecule has 9 amide bonds. The van der Waals surface area contributed by atoms with E-state index in [9.17, 15) is 53.2 Å². The Kier molecular flexibility index (Phi) is 22.7. The molecular weight excluding hydrogens is 1400 g/mol. The topological polar surface area (TPSA) is 377 Å². The molecule has 6 saturated heterocycles. The van der Waals surface area contributed by atoms with Crippen molar-refractivity contribution in [2.45, 2.75) is 69.2 Å². The second-order valence-electron chi connectivity index (χ2n) is 24.6. The Bertz CT molecular complexity index is 4070. The van der Waals surface area contributed by atoms with Crippen molar-refractivity contribution in [3.8, 4) is 0 Å². The van der Waals surface area contributed by atoms with Gasteiger partial charge in [-0.25, -0.2) is 23.7 Å². The van der Waals surface area contributed by atoms with E-state index in [2.05, 4.69) is 88.4 Å². The maximum atomic E-state index is 12.5. The number of hydrogen-bond donors (Lipinski definition) is 6. The second kappa shape index (κ2) is 31.7. The zero-order valence-electron chi connectivity index (χ0n) is 54.7. The lowest BCUT2D eigenvalue weighted by Crippen LogP contribution is -2.41. The summed E-state index contributed by atoms with van der Waals surface area (Å²) >= 11 is 2.25. The van der Waals surface area contributed by atoms with Gasteiger partial charge in [0, 0.05) is 86.6 Å². The molecule has 99 heavy (non-hydrogen) atoms. The number of hydroxylamine groups is 4. The highest BCUT2D eigenvalue weighted by Crippen LogP contribution is 2.29. The molecule has 0 aliphatic carbocycles. The van der Waals surface area contributed by atoms with Crippen molar-refractivity contribution in [3.05, 3.63) is 146 Å². The number of nitrogens with one attached hydrogen (secondary N) is 4. The quantitative estimate of drug-likeness (QED) is 0.0259. The van der Waals surface area contributed by atoms with Crippen LogP contribution in [0.15, 0.2) is 118 Å². The molecule has 0 spiro atoms. The van der Waals surface area contributed by atoms with E-state index in [-0.39, 0.29) is 101 Å². The summed E-state index contributed by atoms with van der Waals surface area (Å²) in [5.74, 6) is -0.613. The van der Waals surface area contributed by atoms with Crippen LogP contribution in [0.1, 0.15) is 50.7 Å². The molecule has 15 rings (SSSR count). The highest BCUT2D eigenvalue weighted by atomic mass is 127. The first-order valence-corrected chi connectivity index (χ1v) is 33.3. The lowest BCUT2D eigenvalue weighted by atomic mass is 9.86. The Labute approximate surface area is 582 Å². The molecule has 35 nitrogen and oxygen atoms in total. The summed E-state index contributed by atoms with van der Waals surface area (Å²) in [4.78, 5) is 130. The summed E-state index contributed by atoms with van der Waals surface area (Å²) < 4.78 is 6.67. The van der Waals surface area contributed by atoms with E-state index in [0.717, 1.165) is 72.1 Å². The number of rotatable bonds is 18. The number of amides is 9. The minimum atomic E-state index is -0.516. The van der Waals surface area contributed by atoms with Crippen LogP contribution in [0.2, 0.25) is 13.6 Å². The molecule has 0 saturated carbocycles. The third-order valence-corrected chi connectivity index (χ3v) is 18.4. The number of aromatic nitrogens is 10. The van der Waals surface area contributed by atoms with Gasteiger partial charge in [-0.05, 0) is 124 Å². The molecule has 6 aromatic rings. The van der Waals surface area contributed by atoms with E-state index >= 15 is 0 Å². The second-order valence-corrected chi connectivity index (χ2v) is 26.0. The maximum absolute atomic E-state index is 12.5. The zero-order valence-corrected chi connectivity index (χ0v) is 56.8. The fraction of sp³-hybridized carbons (Fsp3) is 0.433. The van der Waals surface area contributed by atoms with Gasteiger partial charge in [0.1, 0.15) is 16.7 Å². The van der Waals surface area contributed by atoms with Gasteiger partial charge in [0.15, 0.2) is 11.4 Å². The first-order valence-electron chi connectivity index (χ1n) is 32.2. The third kappa shape index (κ3) is 16.4. The van der Waals surface area contributed by atoms with Gasteiger partial charge in [0.2, 0.25) is 0 Å². The molecule has 9 aliphatic rings. The Morgan fingerprint density at radius 1 is 0.636 bits per heavy atom. The number of H-pyrrole nitrogens is 1. The van der Waals surface area contributed by atoms with Crippen LogP contribution in [0.25, 0.3) is 22.4 Å². The van der Waals surface area contributed by atoms with Gasteiger partial charge in [-0.3, -0.25) is 38.7 Å². The lowest BCUT2D eigenvalue weighted by Gasteiger charge is -2.21. The van der Waals surface area contributed by atoms with Gasteiger partial charge < -0.3 is 64.8 Å². The number of fused-ring (bicyclic) bond motifs is 8. The molecular formula is C60H75B3IN22O13. The van der Waals surface area contributed by atoms with E-state index in [4.69, 9.17) is 9.68 Å². The molecule has 15 heterocycles. The van der Waals surface area contributed by atoms with E-state index in [1.54, 1.807) is 92.4 Å². The fourth-order valence-corrected chi connectivity index (χ4v) is 13.4. The normalized spacial score (nSPS) is 22.3. The number of urea groups is 3. The summed E-state index contributed by atoms with van der Waals surface area (Å²) in [7, 11) is 2.28. The van der Waals surface area contributed by atoms with Crippen LogP contribution in [0.4, 0.5) is 14.4 Å². The molecule has 6 N–H and O–H groups in total. The van der Waals surface area contributed by atoms with Crippen molar-refractivity contribution in [3.63, 3.8) is 0 Å². The number of carbonyl (C=O) groups is 7. The van der Waals surface area contributed by atoms with Crippen LogP contribution in [0, 0.1) is 0 Å². The number of aromatic amines is 1. The first kappa shape index (κ1) is 70.9. The summed E-state index contributed by atoms with van der Waals surface area (Å²) in [6.45, 7) is 19.1. The molecule has 6 atom stereocenters. The Hall–Kier alpha value is -9.38. The van der Waals surface area contributed by atoms with Crippen molar-refractivity contribution in [1.82, 2.24) is 109 Å². The zero-order chi connectivity index (χ0) is 70.2. The Morgan fingerprint density at radius 3 is 1.60 bits per heavy atom. The van der Waals surface area contributed by atoms with Crippen molar-refractivity contribution >= 4 is 109 Å². The number of hydrogen-bond acceptors (Lipinski definition) is 21. The number of halogens is 1. The van der Waals surface area contributed by atoms with Crippen LogP contribution in [0.5, 0.6) is 0 Å². The Balaban J connectivity index is 0.000000129. The SMILES string of the molecule is C=CCON1C(=O)N2CC(I)=CC1C2.C=CCON1C(=O)N2CC(n3ccc(C(=O)N[C@@H]4CCN(B(C)O)C4)n3)=CC1C2.CB(O)N1CC[C@@H](NC(=O)c2ccn(C3=CC4CN(C3)C(=O)N4C)n2)C1.O=C[B]N1CC[C@@H](NC(=O)c2ccn[nH]2)C1.O=c1c2ccnn2c(=O)c2ccnn12. The van der Waals surface area contributed by atoms with Crippen LogP contribution >= 0.6 is 22.6 Å². The highest BCUT2D eigenvalue weighted by molar-refractivity contribution is 14.1. The van der Waals surface area contributed by atoms with Gasteiger partial charge in [0.25, 0.3) is 36.3 Å². The standard InChI is InChI=1S/C18H25BN6O4.C16H23BN6O3.C9H12BN4O2.C9H11IN2O2.C8H4N4O2/c1-3-8-29-25-15-9-14(11-22(12-15)18(25)27)24-7-5-16(21-24)17(26)20-13-4-6-23(10-13)19(2)28;1-17(26)22-5-3-11(8-22)18-15(24)14-4-6-23(19-14)13-7-12-9-21(10-13)16(25)20(12)2;15-6-10-14-4-2-7(5-14)12-9(16)8-1-3-11-13-8;1-2-3-14-12-8-4-7(10)5-11(6-8)9(12)13;13-7-5-1-3-9-11(5)8(14)6-2-4-10-12(6)7/h3,5,7,9,13,15,28H,1,4,6,8,10-12H2,2H3,(H,20,26);4,6-7,11-12,26H,3,5,8-10H2,1-2H3,(H,18,24);1,3,6-7H,2,4-5H2,(H,11,13)(H,12,16);2,4,8H,1,3,5-6H2;1-4H/t13-,15?;11-,12?;7-;;/m111../s1. The largest absolute Gasteiger partial charge is 0.437 e. The lowest BCUT2D eigenvalue weighted by molar-refractivity contribution is -0.107. The van der Waals surface area contributed by atoms with E-state index in [1.807, 2.05) is 26.6 Å². The fourth-order valence-electron chi connectivity index (χ4n) is 12.6. The van der Waals surface area contributed by atoms with Gasteiger partial charge >= 0.3 is 32.2 Å². The van der Waals surface area contributed by atoms with Crippen molar-refractivity contribution < 1.29 is 53.3 Å². The van der Waals surface area contributed by atoms with Crippen molar-refractivity contribution in [2.24, 2.45) is 0 Å². The monoisotopic (exact) mass is 1470 g/mol. The molecule has 6 aromatic heterocycles. The summed E-state index contributed by atoms with van der Waals surface area (Å²) in [5.41, 5.74) is 2.67. The van der Waals surface area contributed by atoms with Crippen LogP contribution < -0.4 is 27.1 Å². The van der Waals surface area contributed by atoms with E-state index < -0.39 is 14.1 Å². The molecule has 39 heteroatoms. The predicted octanol–water partition coefficient (Wildman–Crippen LogP) is -1.03.